The second-order valence-electron chi connectivity index (χ2n) is 18.6. The van der Waals surface area contributed by atoms with Crippen LogP contribution >= 0.6 is 0 Å². The van der Waals surface area contributed by atoms with Gasteiger partial charge in [-0.05, 0) is 121 Å². The lowest BCUT2D eigenvalue weighted by atomic mass is 9.72. The fourth-order valence-corrected chi connectivity index (χ4v) is 10.8. The molecule has 4 nitrogen and oxygen atoms in total. The molecule has 0 bridgehead atoms. The normalized spacial score (nSPS) is 15.0. The van der Waals surface area contributed by atoms with E-state index in [1.807, 2.05) is 12.1 Å². The predicted molar refractivity (Wildman–Crippen MR) is 262 cm³/mol. The zero-order valence-corrected chi connectivity index (χ0v) is 36.2. The largest absolute Gasteiger partial charge is 0.453 e. The molecule has 306 valence electrons. The fraction of sp³-hybridized carbons (Fsp3) is 0.100. The van der Waals surface area contributed by atoms with Crippen LogP contribution in [0.1, 0.15) is 49.9 Å². The monoisotopic (exact) mass is 824 g/mol. The lowest BCUT2D eigenvalue weighted by molar-refractivity contribution is 0.471. The number of hydrogen-bond acceptors (Lipinski definition) is 4. The highest BCUT2D eigenvalue weighted by molar-refractivity contribution is 5.96. The van der Waals surface area contributed by atoms with Gasteiger partial charge in [-0.2, -0.15) is 0 Å². The Labute approximate surface area is 374 Å². The third-order valence-corrected chi connectivity index (χ3v) is 14.2. The quantitative estimate of drug-likeness (QED) is 0.176. The van der Waals surface area contributed by atoms with Crippen LogP contribution in [0.15, 0.2) is 194 Å². The van der Waals surface area contributed by atoms with E-state index in [-0.39, 0.29) is 10.8 Å². The van der Waals surface area contributed by atoms with Crippen LogP contribution in [0.3, 0.4) is 0 Å². The standard InChI is InChI=1S/C60H44N2O2/c1-59(2)45-32-30-43(35-51(45)61-49-16-5-7-18-53(49)63-55-20-10-14-47(59)57(55)61)39-26-22-37(23-27-39)41-12-9-13-42(34-41)38-24-28-40(29-25-38)44-31-33-46-52(36-44)62-50-17-6-8-19-54(50)64-56-21-11-15-48(58(56)62)60(46,3)4/h5-36H,1-4H3. The third kappa shape index (κ3) is 5.29. The minimum atomic E-state index is -0.186. The second-order valence-corrected chi connectivity index (χ2v) is 18.6. The van der Waals surface area contributed by atoms with E-state index in [1.54, 1.807) is 0 Å². The number of hydrogen-bond donors (Lipinski definition) is 0. The molecule has 0 amide bonds. The van der Waals surface area contributed by atoms with E-state index in [0.717, 1.165) is 45.7 Å². The van der Waals surface area contributed by atoms with Crippen molar-refractivity contribution in [3.63, 3.8) is 0 Å². The van der Waals surface area contributed by atoms with Crippen molar-refractivity contribution in [3.8, 4) is 67.5 Å². The number of rotatable bonds is 4. The van der Waals surface area contributed by atoms with Crippen LogP contribution in [0.2, 0.25) is 0 Å². The molecule has 0 spiro atoms. The lowest BCUT2D eigenvalue weighted by Crippen LogP contribution is -2.32. The minimum Gasteiger partial charge on any atom is -0.453 e. The summed E-state index contributed by atoms with van der Waals surface area (Å²) < 4.78 is 12.9. The number of ether oxygens (including phenoxy) is 2. The van der Waals surface area contributed by atoms with Crippen molar-refractivity contribution in [1.29, 1.82) is 0 Å². The average molecular weight is 825 g/mol. The Hall–Kier alpha value is -7.82. The van der Waals surface area contributed by atoms with E-state index in [1.165, 1.54) is 78.1 Å². The van der Waals surface area contributed by atoms with Gasteiger partial charge in [0.1, 0.15) is 0 Å². The van der Waals surface area contributed by atoms with Crippen molar-refractivity contribution < 1.29 is 9.47 Å². The summed E-state index contributed by atoms with van der Waals surface area (Å²) in [5.41, 5.74) is 21.1. The summed E-state index contributed by atoms with van der Waals surface area (Å²) in [7, 11) is 0. The van der Waals surface area contributed by atoms with Gasteiger partial charge in [-0.1, -0.05) is 167 Å². The molecule has 0 saturated heterocycles. The van der Waals surface area contributed by atoms with E-state index < -0.39 is 0 Å². The summed E-state index contributed by atoms with van der Waals surface area (Å²) in [6, 6.07) is 70.5. The van der Waals surface area contributed by atoms with Crippen molar-refractivity contribution in [2.45, 2.75) is 38.5 Å². The van der Waals surface area contributed by atoms with Crippen molar-refractivity contribution in [3.05, 3.63) is 216 Å². The number of anilines is 6. The van der Waals surface area contributed by atoms with E-state index in [0.29, 0.717) is 0 Å². The number of benzene rings is 9. The van der Waals surface area contributed by atoms with Gasteiger partial charge in [0.15, 0.2) is 23.0 Å². The first-order chi connectivity index (χ1) is 31.2. The molecule has 4 heteroatoms. The van der Waals surface area contributed by atoms with Gasteiger partial charge in [0.05, 0.1) is 34.1 Å². The topological polar surface area (TPSA) is 24.9 Å². The molecule has 9 aromatic carbocycles. The first-order valence-corrected chi connectivity index (χ1v) is 22.2. The molecule has 64 heavy (non-hydrogen) atoms. The van der Waals surface area contributed by atoms with Gasteiger partial charge in [-0.3, -0.25) is 0 Å². The van der Waals surface area contributed by atoms with Crippen molar-refractivity contribution in [2.24, 2.45) is 0 Å². The van der Waals surface area contributed by atoms with Crippen molar-refractivity contribution in [1.82, 2.24) is 0 Å². The molecule has 0 saturated carbocycles. The Kier molecular flexibility index (Phi) is 7.67. The molecule has 0 N–H and O–H groups in total. The van der Waals surface area contributed by atoms with Gasteiger partial charge in [-0.15, -0.1) is 0 Å². The highest BCUT2D eigenvalue weighted by Crippen LogP contribution is 2.62. The number of fused-ring (bicyclic) bond motifs is 8. The van der Waals surface area contributed by atoms with Crippen molar-refractivity contribution in [2.75, 3.05) is 9.80 Å². The first-order valence-electron chi connectivity index (χ1n) is 22.2. The van der Waals surface area contributed by atoms with Crippen LogP contribution in [0, 0.1) is 0 Å². The van der Waals surface area contributed by atoms with Crippen LogP contribution in [-0.4, -0.2) is 0 Å². The van der Waals surface area contributed by atoms with Gasteiger partial charge in [-0.25, -0.2) is 0 Å². The number of para-hydroxylation sites is 6. The highest BCUT2D eigenvalue weighted by atomic mass is 16.5. The summed E-state index contributed by atoms with van der Waals surface area (Å²) in [5, 5.41) is 0. The second kappa shape index (κ2) is 13.3. The van der Waals surface area contributed by atoms with Crippen molar-refractivity contribution >= 4 is 34.1 Å². The Balaban J connectivity index is 0.799. The van der Waals surface area contributed by atoms with Gasteiger partial charge in [0.25, 0.3) is 0 Å². The maximum atomic E-state index is 6.47. The van der Waals surface area contributed by atoms with Gasteiger partial charge in [0.2, 0.25) is 0 Å². The Morgan fingerprint density at radius 3 is 1.05 bits per heavy atom. The lowest BCUT2D eigenvalue weighted by Gasteiger charge is -2.45. The molecule has 4 aliphatic heterocycles. The zero-order valence-electron chi connectivity index (χ0n) is 36.2. The summed E-state index contributed by atoms with van der Waals surface area (Å²) >= 11 is 0. The molecule has 13 rings (SSSR count). The average Bonchev–Trinajstić information content (AvgIpc) is 3.33. The molecular weight excluding hydrogens is 781 g/mol. The smallest absolute Gasteiger partial charge is 0.151 e. The Morgan fingerprint density at radius 1 is 0.281 bits per heavy atom. The van der Waals surface area contributed by atoms with Gasteiger partial charge >= 0.3 is 0 Å². The van der Waals surface area contributed by atoms with E-state index in [4.69, 9.17) is 9.47 Å². The minimum absolute atomic E-state index is 0.186. The maximum absolute atomic E-state index is 6.47. The van der Waals surface area contributed by atoms with Crippen LogP contribution in [0.4, 0.5) is 34.1 Å². The van der Waals surface area contributed by atoms with Crippen LogP contribution in [0.25, 0.3) is 44.5 Å². The van der Waals surface area contributed by atoms with Crippen LogP contribution in [0.5, 0.6) is 23.0 Å². The molecule has 0 radical (unpaired) electrons. The summed E-state index contributed by atoms with van der Waals surface area (Å²) in [6.07, 6.45) is 0. The molecule has 4 heterocycles. The molecule has 0 aliphatic carbocycles. The van der Waals surface area contributed by atoms with Crippen LogP contribution < -0.4 is 19.3 Å². The molecule has 4 aliphatic rings. The molecule has 0 unspecified atom stereocenters. The Bertz CT molecular complexity index is 3170. The zero-order chi connectivity index (χ0) is 42.9. The van der Waals surface area contributed by atoms with E-state index >= 15 is 0 Å². The highest BCUT2D eigenvalue weighted by Gasteiger charge is 2.43. The summed E-state index contributed by atoms with van der Waals surface area (Å²) in [4.78, 5) is 4.81. The fourth-order valence-electron chi connectivity index (χ4n) is 10.8. The summed E-state index contributed by atoms with van der Waals surface area (Å²) in [6.45, 7) is 9.29. The van der Waals surface area contributed by atoms with Gasteiger partial charge in [0, 0.05) is 10.8 Å². The van der Waals surface area contributed by atoms with Crippen LogP contribution in [-0.2, 0) is 10.8 Å². The SMILES string of the molecule is CC1(C)c2ccc(-c3ccc(-c4cccc(-c5ccc(-c6ccc7c(c6)N6c8ccccc8Oc8cccc(c86)C7(C)C)cc5)c4)cc3)cc2N2c3ccccc3Oc3cccc1c32. The molecule has 0 atom stereocenters. The molecule has 0 aromatic heterocycles. The molecule has 0 fully saturated rings. The van der Waals surface area contributed by atoms with Gasteiger partial charge < -0.3 is 19.3 Å². The maximum Gasteiger partial charge on any atom is 0.151 e. The Morgan fingerprint density at radius 2 is 0.625 bits per heavy atom. The number of nitrogens with zero attached hydrogens (tertiary/aromatic N) is 2. The van der Waals surface area contributed by atoms with E-state index in [2.05, 4.69) is 219 Å². The van der Waals surface area contributed by atoms with E-state index in [9.17, 15) is 0 Å². The first kappa shape index (κ1) is 36.8. The summed E-state index contributed by atoms with van der Waals surface area (Å²) in [5.74, 6) is 3.55. The molecule has 9 aromatic rings. The molecular formula is C60H44N2O2. The predicted octanol–water partition coefficient (Wildman–Crippen LogP) is 16.8. The third-order valence-electron chi connectivity index (χ3n) is 14.2.